The highest BCUT2D eigenvalue weighted by Gasteiger charge is 2.49. The van der Waals surface area contributed by atoms with Gasteiger partial charge in [0.1, 0.15) is 0 Å². The van der Waals surface area contributed by atoms with Crippen molar-refractivity contribution in [2.24, 2.45) is 0 Å². The molecule has 0 saturated carbocycles. The van der Waals surface area contributed by atoms with Crippen molar-refractivity contribution in [3.05, 3.63) is 60.2 Å². The van der Waals surface area contributed by atoms with E-state index in [2.05, 4.69) is 70.6 Å². The number of fused-ring (bicyclic) bond motifs is 2. The van der Waals surface area contributed by atoms with Gasteiger partial charge in [0, 0.05) is 67.5 Å². The third-order valence-corrected chi connectivity index (χ3v) is 6.92. The number of H-pyrrole nitrogens is 1. The maximum atomic E-state index is 5.15. The summed E-state index contributed by atoms with van der Waals surface area (Å²) in [5.74, 6) is 0.665. The van der Waals surface area contributed by atoms with Crippen LogP contribution < -0.4 is 10.1 Å². The third kappa shape index (κ3) is 3.15. The second-order valence-corrected chi connectivity index (χ2v) is 8.78. The lowest BCUT2D eigenvalue weighted by Gasteiger charge is -2.59. The van der Waals surface area contributed by atoms with Crippen LogP contribution >= 0.6 is 15.9 Å². The monoisotopic (exact) mass is 442 g/mol. The van der Waals surface area contributed by atoms with E-state index >= 15 is 0 Å². The Morgan fingerprint density at radius 1 is 1.29 bits per heavy atom. The Hall–Kier alpha value is -2.16. The fourth-order valence-electron chi connectivity index (χ4n) is 4.31. The Morgan fingerprint density at radius 2 is 2.14 bits per heavy atom. The lowest BCUT2D eigenvalue weighted by atomic mass is 9.86. The maximum absolute atomic E-state index is 5.15. The summed E-state index contributed by atoms with van der Waals surface area (Å²) in [6, 6.07) is 5.19. The van der Waals surface area contributed by atoms with Crippen LogP contribution in [0.2, 0.25) is 0 Å². The number of aromatic nitrogens is 3. The zero-order valence-electron chi connectivity index (χ0n) is 15.7. The summed E-state index contributed by atoms with van der Waals surface area (Å²) >= 11 is 3.92. The standard InChI is InChI=1S/C20H23BrN6O/c1-28-19-3-2-14(7-22-19)11-27-17-6-18(27)13-26(12-17)20(21)5-4-15(8-23-20)16-9-24-25-10-16/h2-5,7-10,17-18,23H,6,11-13H2,1H3,(H,24,25). The average Bonchev–Trinajstić information content (AvgIpc) is 3.28. The summed E-state index contributed by atoms with van der Waals surface area (Å²) in [6.07, 6.45) is 13.3. The van der Waals surface area contributed by atoms with E-state index in [4.69, 9.17) is 4.74 Å². The van der Waals surface area contributed by atoms with E-state index in [0.717, 1.165) is 30.8 Å². The van der Waals surface area contributed by atoms with E-state index in [9.17, 15) is 0 Å². The molecular formula is C20H23BrN6O. The minimum Gasteiger partial charge on any atom is -0.481 e. The number of halogens is 1. The molecule has 0 radical (unpaired) electrons. The van der Waals surface area contributed by atoms with E-state index in [1.165, 1.54) is 12.0 Å². The smallest absolute Gasteiger partial charge is 0.212 e. The number of allylic oxidation sites excluding steroid dienone is 2. The Labute approximate surface area is 172 Å². The van der Waals surface area contributed by atoms with Crippen molar-refractivity contribution in [2.45, 2.75) is 29.6 Å². The Morgan fingerprint density at radius 3 is 2.75 bits per heavy atom. The zero-order valence-corrected chi connectivity index (χ0v) is 17.3. The quantitative estimate of drug-likeness (QED) is 0.546. The predicted molar refractivity (Wildman–Crippen MR) is 111 cm³/mol. The largest absolute Gasteiger partial charge is 0.481 e. The summed E-state index contributed by atoms with van der Waals surface area (Å²) in [6.45, 7) is 3.00. The van der Waals surface area contributed by atoms with Gasteiger partial charge in [-0.2, -0.15) is 5.10 Å². The highest BCUT2D eigenvalue weighted by Crippen LogP contribution is 2.39. The first-order valence-electron chi connectivity index (χ1n) is 9.49. The molecule has 146 valence electrons. The first-order valence-corrected chi connectivity index (χ1v) is 10.3. The normalized spacial score (nSPS) is 29.7. The SMILES string of the molecule is COc1ccc(CN2C3CC2CN(C2(Br)C=CC(c4cn[nH]c4)=CN2)C3)cn1. The molecule has 0 amide bonds. The molecule has 28 heavy (non-hydrogen) atoms. The van der Waals surface area contributed by atoms with E-state index in [0.29, 0.717) is 18.0 Å². The van der Waals surface area contributed by atoms with Gasteiger partial charge in [0.25, 0.3) is 0 Å². The summed E-state index contributed by atoms with van der Waals surface area (Å²) in [5, 5.41) is 10.4. The number of pyridine rings is 1. The lowest BCUT2D eigenvalue weighted by Crippen LogP contribution is -2.72. The fraction of sp³-hybridized carbons (Fsp3) is 0.400. The van der Waals surface area contributed by atoms with Crippen LogP contribution in [0.4, 0.5) is 0 Å². The van der Waals surface area contributed by atoms with Crippen molar-refractivity contribution in [1.29, 1.82) is 0 Å². The lowest BCUT2D eigenvalue weighted by molar-refractivity contribution is -0.0883. The number of piperidine rings is 1. The molecule has 0 aromatic carbocycles. The molecule has 6 rings (SSSR count). The number of alkyl halides is 1. The van der Waals surface area contributed by atoms with Crippen molar-refractivity contribution < 1.29 is 4.74 Å². The molecule has 3 unspecified atom stereocenters. The number of piperazine rings is 1. The van der Waals surface area contributed by atoms with Gasteiger partial charge in [-0.1, -0.05) is 12.1 Å². The molecule has 2 aromatic rings. The molecule has 2 aromatic heterocycles. The number of nitrogens with one attached hydrogen (secondary N) is 2. The second kappa shape index (κ2) is 7.02. The van der Waals surface area contributed by atoms with Crippen LogP contribution in [-0.2, 0) is 6.54 Å². The second-order valence-electron chi connectivity index (χ2n) is 7.57. The fourth-order valence-corrected chi connectivity index (χ4v) is 4.84. The summed E-state index contributed by atoms with van der Waals surface area (Å²) in [5.41, 5.74) is 3.44. The molecule has 3 saturated heterocycles. The molecule has 0 aliphatic carbocycles. The van der Waals surface area contributed by atoms with Gasteiger partial charge in [0.05, 0.1) is 13.3 Å². The molecule has 3 atom stereocenters. The molecule has 7 nitrogen and oxygen atoms in total. The third-order valence-electron chi connectivity index (χ3n) is 5.92. The van der Waals surface area contributed by atoms with Gasteiger partial charge in [0.15, 0.2) is 4.57 Å². The number of dihydropyridines is 1. The minimum atomic E-state index is -0.328. The van der Waals surface area contributed by atoms with E-state index in [1.807, 2.05) is 24.7 Å². The van der Waals surface area contributed by atoms with Crippen molar-refractivity contribution in [2.75, 3.05) is 20.2 Å². The number of ether oxygens (including phenoxy) is 1. The van der Waals surface area contributed by atoms with Crippen molar-refractivity contribution in [3.8, 4) is 5.88 Å². The van der Waals surface area contributed by atoms with Crippen LogP contribution in [-0.4, -0.2) is 61.8 Å². The van der Waals surface area contributed by atoms with Crippen LogP contribution in [0.5, 0.6) is 5.88 Å². The van der Waals surface area contributed by atoms with Gasteiger partial charge in [-0.05, 0) is 34.0 Å². The molecule has 3 fully saturated rings. The van der Waals surface area contributed by atoms with Gasteiger partial charge in [-0.3, -0.25) is 14.9 Å². The first kappa shape index (κ1) is 17.9. The van der Waals surface area contributed by atoms with Crippen molar-refractivity contribution in [3.63, 3.8) is 0 Å². The van der Waals surface area contributed by atoms with Gasteiger partial charge in [0.2, 0.25) is 5.88 Å². The number of aromatic amines is 1. The van der Waals surface area contributed by atoms with Crippen molar-refractivity contribution >= 4 is 21.5 Å². The number of nitrogens with zero attached hydrogens (tertiary/aromatic N) is 4. The number of hydrogen-bond acceptors (Lipinski definition) is 6. The van der Waals surface area contributed by atoms with Gasteiger partial charge in [-0.25, -0.2) is 4.98 Å². The van der Waals surface area contributed by atoms with Crippen LogP contribution in [0.1, 0.15) is 17.5 Å². The van der Waals surface area contributed by atoms with E-state index < -0.39 is 0 Å². The topological polar surface area (TPSA) is 69.3 Å². The van der Waals surface area contributed by atoms with Gasteiger partial charge >= 0.3 is 0 Å². The molecule has 0 spiro atoms. The molecule has 6 heterocycles. The van der Waals surface area contributed by atoms with Gasteiger partial charge in [-0.15, -0.1) is 0 Å². The highest BCUT2D eigenvalue weighted by molar-refractivity contribution is 9.10. The molecular weight excluding hydrogens is 420 g/mol. The van der Waals surface area contributed by atoms with Crippen LogP contribution in [0.3, 0.4) is 0 Å². The predicted octanol–water partition coefficient (Wildman–Crippen LogP) is 2.32. The number of rotatable bonds is 5. The summed E-state index contributed by atoms with van der Waals surface area (Å²) < 4.78 is 4.82. The van der Waals surface area contributed by atoms with Crippen molar-refractivity contribution in [1.82, 2.24) is 30.3 Å². The summed E-state index contributed by atoms with van der Waals surface area (Å²) in [7, 11) is 1.65. The van der Waals surface area contributed by atoms with Crippen LogP contribution in [0.25, 0.3) is 5.57 Å². The number of hydrogen-bond donors (Lipinski definition) is 2. The van der Waals surface area contributed by atoms with Crippen LogP contribution in [0.15, 0.2) is 49.1 Å². The maximum Gasteiger partial charge on any atom is 0.212 e. The molecule has 4 aliphatic rings. The molecule has 4 aliphatic heterocycles. The highest BCUT2D eigenvalue weighted by atomic mass is 79.9. The molecule has 2 N–H and O–H groups in total. The van der Waals surface area contributed by atoms with Crippen LogP contribution in [0, 0.1) is 0 Å². The van der Waals surface area contributed by atoms with E-state index in [1.54, 1.807) is 7.11 Å². The Kier molecular flexibility index (Phi) is 4.49. The molecule has 2 bridgehead atoms. The Balaban J connectivity index is 1.22. The average molecular weight is 443 g/mol. The molecule has 8 heteroatoms. The minimum absolute atomic E-state index is 0.328. The first-order chi connectivity index (χ1) is 13.6. The van der Waals surface area contributed by atoms with Gasteiger partial charge < -0.3 is 10.1 Å². The number of methoxy groups -OCH3 is 1. The van der Waals surface area contributed by atoms with E-state index in [-0.39, 0.29) is 4.57 Å². The zero-order chi connectivity index (χ0) is 19.1. The summed E-state index contributed by atoms with van der Waals surface area (Å²) in [4.78, 5) is 9.40. The Bertz CT molecular complexity index is 884.